The number of amides is 1. The summed E-state index contributed by atoms with van der Waals surface area (Å²) in [4.78, 5) is 20.9. The number of rotatable bonds is 4. The maximum atomic E-state index is 12.4. The number of nitrogens with zero attached hydrogens (tertiary/aromatic N) is 3. The number of nitrogens with one attached hydrogen (secondary N) is 1. The van der Waals surface area contributed by atoms with Gasteiger partial charge in [0, 0.05) is 50.1 Å². The summed E-state index contributed by atoms with van der Waals surface area (Å²) in [6.07, 6.45) is 1.74. The number of anilines is 1. The van der Waals surface area contributed by atoms with Crippen LogP contribution in [0.4, 0.5) is 5.69 Å². The lowest BCUT2D eigenvalue weighted by Crippen LogP contribution is -2.58. The fourth-order valence-electron chi connectivity index (χ4n) is 2.84. The molecule has 1 aromatic heterocycles. The monoisotopic (exact) mass is 290 g/mol. The van der Waals surface area contributed by atoms with Crippen LogP contribution in [0.3, 0.4) is 0 Å². The Labute approximate surface area is 127 Å². The van der Waals surface area contributed by atoms with Crippen LogP contribution >= 0.6 is 0 Å². The highest BCUT2D eigenvalue weighted by Crippen LogP contribution is 2.25. The predicted molar refractivity (Wildman–Crippen MR) is 85.8 cm³/mol. The molecule has 0 atom stereocenters. The average Bonchev–Trinajstić information content (AvgIpc) is 2.48. The van der Waals surface area contributed by atoms with Gasteiger partial charge in [0.2, 0.25) is 0 Å². The van der Waals surface area contributed by atoms with Crippen LogP contribution in [0.25, 0.3) is 0 Å². The lowest BCUT2D eigenvalue weighted by molar-refractivity contribution is 0.0767. The van der Waals surface area contributed by atoms with Crippen molar-refractivity contribution < 1.29 is 4.79 Å². The molecule has 116 valence electrons. The van der Waals surface area contributed by atoms with Gasteiger partial charge in [-0.25, -0.2) is 0 Å². The molecule has 0 unspecified atom stereocenters. The van der Waals surface area contributed by atoms with Crippen LogP contribution in [-0.2, 0) is 0 Å². The van der Waals surface area contributed by atoms with Crippen LogP contribution < -0.4 is 10.2 Å². The minimum absolute atomic E-state index is 0.00907. The molecule has 5 heteroatoms. The number of carbonyl (C=O) groups excluding carboxylic acids is 1. The molecule has 1 aromatic rings. The summed E-state index contributed by atoms with van der Waals surface area (Å²) in [5.74, 6) is 0.00907. The fraction of sp³-hybridized carbons (Fsp3) is 0.625. The zero-order valence-electron chi connectivity index (χ0n) is 13.5. The Balaban J connectivity index is 2.27. The van der Waals surface area contributed by atoms with E-state index in [1.807, 2.05) is 26.0 Å². The zero-order chi connectivity index (χ0) is 15.5. The molecule has 0 saturated carbocycles. The maximum Gasteiger partial charge on any atom is 0.272 e. The third kappa shape index (κ3) is 3.35. The highest BCUT2D eigenvalue weighted by Gasteiger charge is 2.30. The number of piperazine rings is 1. The van der Waals surface area contributed by atoms with Crippen molar-refractivity contribution in [2.75, 3.05) is 37.6 Å². The molecule has 21 heavy (non-hydrogen) atoms. The van der Waals surface area contributed by atoms with E-state index in [0.717, 1.165) is 25.3 Å². The van der Waals surface area contributed by atoms with Crippen molar-refractivity contribution in [1.82, 2.24) is 15.2 Å². The third-order valence-corrected chi connectivity index (χ3v) is 4.13. The number of hydrogen-bond acceptors (Lipinski definition) is 4. The van der Waals surface area contributed by atoms with Gasteiger partial charge in [-0.05, 0) is 39.8 Å². The molecule has 0 spiro atoms. The third-order valence-electron chi connectivity index (χ3n) is 4.13. The van der Waals surface area contributed by atoms with Gasteiger partial charge in [-0.3, -0.25) is 9.78 Å². The van der Waals surface area contributed by atoms with E-state index in [0.29, 0.717) is 18.8 Å². The highest BCUT2D eigenvalue weighted by molar-refractivity contribution is 5.93. The Morgan fingerprint density at radius 3 is 2.76 bits per heavy atom. The first-order valence-electron chi connectivity index (χ1n) is 7.73. The van der Waals surface area contributed by atoms with Gasteiger partial charge < -0.3 is 15.1 Å². The van der Waals surface area contributed by atoms with E-state index in [1.54, 1.807) is 11.1 Å². The molecule has 1 aliphatic rings. The van der Waals surface area contributed by atoms with E-state index >= 15 is 0 Å². The van der Waals surface area contributed by atoms with Gasteiger partial charge in [0.15, 0.2) is 0 Å². The van der Waals surface area contributed by atoms with Crippen molar-refractivity contribution in [3.05, 3.63) is 24.0 Å². The van der Waals surface area contributed by atoms with E-state index in [4.69, 9.17) is 0 Å². The van der Waals surface area contributed by atoms with Gasteiger partial charge in [-0.2, -0.15) is 0 Å². The minimum Gasteiger partial charge on any atom is -0.364 e. The van der Waals surface area contributed by atoms with Gasteiger partial charge in [0.1, 0.15) is 5.69 Å². The van der Waals surface area contributed by atoms with Crippen LogP contribution in [0.1, 0.15) is 38.2 Å². The van der Waals surface area contributed by atoms with E-state index in [9.17, 15) is 4.79 Å². The Morgan fingerprint density at radius 1 is 1.43 bits per heavy atom. The first kappa shape index (κ1) is 15.8. The number of pyridine rings is 1. The zero-order valence-corrected chi connectivity index (χ0v) is 13.5. The van der Waals surface area contributed by atoms with Crippen LogP contribution in [-0.4, -0.2) is 54.1 Å². The molecule has 0 aliphatic carbocycles. The Kier molecular flexibility index (Phi) is 4.83. The van der Waals surface area contributed by atoms with Crippen LogP contribution in [0.2, 0.25) is 0 Å². The maximum absolute atomic E-state index is 12.4. The van der Waals surface area contributed by atoms with Gasteiger partial charge in [-0.1, -0.05) is 0 Å². The Bertz CT molecular complexity index is 497. The average molecular weight is 290 g/mol. The molecule has 1 fully saturated rings. The second kappa shape index (κ2) is 6.43. The summed E-state index contributed by atoms with van der Waals surface area (Å²) in [6.45, 7) is 12.7. The van der Waals surface area contributed by atoms with Gasteiger partial charge in [0.05, 0.1) is 0 Å². The van der Waals surface area contributed by atoms with Crippen molar-refractivity contribution in [1.29, 1.82) is 0 Å². The summed E-state index contributed by atoms with van der Waals surface area (Å²) in [7, 11) is 0. The van der Waals surface area contributed by atoms with E-state index in [-0.39, 0.29) is 11.4 Å². The van der Waals surface area contributed by atoms with Gasteiger partial charge in [0.25, 0.3) is 5.91 Å². The van der Waals surface area contributed by atoms with E-state index < -0.39 is 0 Å². The molecule has 0 radical (unpaired) electrons. The van der Waals surface area contributed by atoms with Crippen molar-refractivity contribution in [3.63, 3.8) is 0 Å². The van der Waals surface area contributed by atoms with Crippen molar-refractivity contribution in [2.45, 2.75) is 33.2 Å². The quantitative estimate of drug-likeness (QED) is 0.918. The number of hydrogen-bond donors (Lipinski definition) is 1. The second-order valence-corrected chi connectivity index (χ2v) is 6.02. The summed E-state index contributed by atoms with van der Waals surface area (Å²) in [5.41, 5.74) is 1.65. The Morgan fingerprint density at radius 2 is 2.14 bits per heavy atom. The molecular formula is C16H26N4O. The summed E-state index contributed by atoms with van der Waals surface area (Å²) in [5, 5.41) is 3.42. The second-order valence-electron chi connectivity index (χ2n) is 6.02. The van der Waals surface area contributed by atoms with Crippen molar-refractivity contribution in [2.24, 2.45) is 0 Å². The first-order valence-corrected chi connectivity index (χ1v) is 7.73. The highest BCUT2D eigenvalue weighted by atomic mass is 16.2. The molecule has 1 N–H and O–H groups in total. The topological polar surface area (TPSA) is 48.5 Å². The van der Waals surface area contributed by atoms with Crippen molar-refractivity contribution >= 4 is 11.6 Å². The van der Waals surface area contributed by atoms with Crippen LogP contribution in [0, 0.1) is 0 Å². The predicted octanol–water partition coefficient (Wildman–Crippen LogP) is 1.75. The molecule has 1 amide bonds. The van der Waals surface area contributed by atoms with Crippen LogP contribution in [0.15, 0.2) is 18.3 Å². The molecule has 0 aromatic carbocycles. The first-order chi connectivity index (χ1) is 9.99. The van der Waals surface area contributed by atoms with Gasteiger partial charge >= 0.3 is 0 Å². The van der Waals surface area contributed by atoms with E-state index in [2.05, 4.69) is 29.0 Å². The summed E-state index contributed by atoms with van der Waals surface area (Å²) >= 11 is 0. The Hall–Kier alpha value is -1.62. The molecular weight excluding hydrogens is 264 g/mol. The molecule has 2 rings (SSSR count). The standard InChI is InChI=1S/C16H26N4O/c1-5-19(6-2)15(21)14-11-13(7-8-18-14)20-10-9-17-12-16(20,3)4/h7-8,11,17H,5-6,9-10,12H2,1-4H3. The number of carbonyl (C=O) groups is 1. The van der Waals surface area contributed by atoms with Gasteiger partial charge in [-0.15, -0.1) is 0 Å². The van der Waals surface area contributed by atoms with Crippen molar-refractivity contribution in [3.8, 4) is 0 Å². The normalized spacial score (nSPS) is 17.6. The molecule has 2 heterocycles. The molecule has 1 aliphatic heterocycles. The summed E-state index contributed by atoms with van der Waals surface area (Å²) < 4.78 is 0. The lowest BCUT2D eigenvalue weighted by Gasteiger charge is -2.44. The molecule has 0 bridgehead atoms. The largest absolute Gasteiger partial charge is 0.364 e. The van der Waals surface area contributed by atoms with Crippen LogP contribution in [0.5, 0.6) is 0 Å². The minimum atomic E-state index is 0.00907. The molecule has 1 saturated heterocycles. The number of aromatic nitrogens is 1. The van der Waals surface area contributed by atoms with E-state index in [1.165, 1.54) is 0 Å². The lowest BCUT2D eigenvalue weighted by atomic mass is 9.99. The molecule has 5 nitrogen and oxygen atoms in total. The SMILES string of the molecule is CCN(CC)C(=O)c1cc(N2CCNCC2(C)C)ccn1. The fourth-order valence-corrected chi connectivity index (χ4v) is 2.84. The smallest absolute Gasteiger partial charge is 0.272 e. The summed E-state index contributed by atoms with van der Waals surface area (Å²) in [6, 6.07) is 3.92.